The number of nitrogens with one attached hydrogen (secondary N) is 1. The summed E-state index contributed by atoms with van der Waals surface area (Å²) in [6.07, 6.45) is 0. The Kier molecular flexibility index (Phi) is 5.56. The van der Waals surface area contributed by atoms with Crippen LogP contribution in [0.4, 0.5) is 5.69 Å². The summed E-state index contributed by atoms with van der Waals surface area (Å²) in [5.41, 5.74) is 3.66. The number of hydrogen-bond acceptors (Lipinski definition) is 4. The number of anilines is 1. The molecule has 7 heteroatoms. The molecule has 0 fully saturated rings. The van der Waals surface area contributed by atoms with Gasteiger partial charge in [-0.1, -0.05) is 33.6 Å². The number of ether oxygens (including phenoxy) is 1. The molecule has 1 heterocycles. The van der Waals surface area contributed by atoms with Gasteiger partial charge in [0.1, 0.15) is 11.3 Å². The van der Waals surface area contributed by atoms with E-state index in [-0.39, 0.29) is 12.5 Å². The quantitative estimate of drug-likeness (QED) is 0.374. The maximum absolute atomic E-state index is 12.3. The molecule has 0 aliphatic carbocycles. The maximum Gasteiger partial charge on any atom is 0.262 e. The van der Waals surface area contributed by atoms with Crippen molar-refractivity contribution in [3.8, 4) is 17.2 Å². The number of rotatable bonds is 5. The van der Waals surface area contributed by atoms with Crippen LogP contribution in [0.15, 0.2) is 69.6 Å². The van der Waals surface area contributed by atoms with Gasteiger partial charge in [0.2, 0.25) is 5.89 Å². The van der Waals surface area contributed by atoms with E-state index in [0.29, 0.717) is 33.4 Å². The number of amides is 1. The van der Waals surface area contributed by atoms with Gasteiger partial charge in [0.05, 0.1) is 0 Å². The molecular formula is C22H16BrClN2O3. The van der Waals surface area contributed by atoms with Crippen molar-refractivity contribution >= 4 is 50.2 Å². The Morgan fingerprint density at radius 2 is 1.97 bits per heavy atom. The van der Waals surface area contributed by atoms with Crippen LogP contribution in [0, 0.1) is 6.92 Å². The molecule has 146 valence electrons. The first-order valence-electron chi connectivity index (χ1n) is 8.84. The number of nitrogens with zero attached hydrogens (tertiary/aromatic N) is 1. The van der Waals surface area contributed by atoms with Gasteiger partial charge < -0.3 is 14.5 Å². The van der Waals surface area contributed by atoms with Crippen LogP contribution in [0.3, 0.4) is 0 Å². The van der Waals surface area contributed by atoms with E-state index >= 15 is 0 Å². The smallest absolute Gasteiger partial charge is 0.262 e. The van der Waals surface area contributed by atoms with Crippen LogP contribution in [-0.4, -0.2) is 17.5 Å². The van der Waals surface area contributed by atoms with Crippen LogP contribution in [0.2, 0.25) is 5.02 Å². The molecule has 5 nitrogen and oxygen atoms in total. The number of fused-ring (bicyclic) bond motifs is 1. The van der Waals surface area contributed by atoms with E-state index in [9.17, 15) is 4.79 Å². The van der Waals surface area contributed by atoms with Crippen LogP contribution >= 0.6 is 27.5 Å². The molecule has 4 aromatic rings. The van der Waals surface area contributed by atoms with Crippen molar-refractivity contribution in [2.75, 3.05) is 11.9 Å². The molecule has 1 amide bonds. The minimum atomic E-state index is -0.252. The summed E-state index contributed by atoms with van der Waals surface area (Å²) in [6, 6.07) is 18.2. The summed E-state index contributed by atoms with van der Waals surface area (Å²) >= 11 is 9.39. The summed E-state index contributed by atoms with van der Waals surface area (Å²) in [4.78, 5) is 16.8. The number of carbonyl (C=O) groups is 1. The maximum atomic E-state index is 12.3. The molecule has 0 saturated heterocycles. The van der Waals surface area contributed by atoms with Gasteiger partial charge in [-0.05, 0) is 67.1 Å². The molecule has 3 aromatic carbocycles. The molecule has 0 radical (unpaired) electrons. The molecule has 0 atom stereocenters. The van der Waals surface area contributed by atoms with Gasteiger partial charge in [-0.2, -0.15) is 0 Å². The third kappa shape index (κ3) is 4.44. The topological polar surface area (TPSA) is 64.4 Å². The van der Waals surface area contributed by atoms with Crippen LogP contribution in [0.5, 0.6) is 5.75 Å². The molecular weight excluding hydrogens is 456 g/mol. The minimum absolute atomic E-state index is 0.0906. The van der Waals surface area contributed by atoms with E-state index in [1.54, 1.807) is 30.3 Å². The van der Waals surface area contributed by atoms with Crippen molar-refractivity contribution in [2.45, 2.75) is 6.92 Å². The number of hydrogen-bond donors (Lipinski definition) is 1. The van der Waals surface area contributed by atoms with Crippen LogP contribution in [0.1, 0.15) is 5.56 Å². The highest BCUT2D eigenvalue weighted by molar-refractivity contribution is 9.10. The molecule has 29 heavy (non-hydrogen) atoms. The van der Waals surface area contributed by atoms with E-state index in [4.69, 9.17) is 20.8 Å². The molecule has 0 aliphatic heterocycles. The lowest BCUT2D eigenvalue weighted by Crippen LogP contribution is -2.20. The lowest BCUT2D eigenvalue weighted by atomic mass is 10.1. The molecule has 1 aromatic heterocycles. The highest BCUT2D eigenvalue weighted by Gasteiger charge is 2.14. The van der Waals surface area contributed by atoms with Gasteiger partial charge in [-0.3, -0.25) is 4.79 Å². The first-order valence-corrected chi connectivity index (χ1v) is 10.0. The first-order chi connectivity index (χ1) is 14.0. The summed E-state index contributed by atoms with van der Waals surface area (Å²) in [5.74, 6) is 0.846. The van der Waals surface area contributed by atoms with Gasteiger partial charge >= 0.3 is 0 Å². The largest absolute Gasteiger partial charge is 0.484 e. The fourth-order valence-corrected chi connectivity index (χ4v) is 3.32. The van der Waals surface area contributed by atoms with Crippen molar-refractivity contribution in [2.24, 2.45) is 0 Å². The number of benzene rings is 3. The predicted molar refractivity (Wildman–Crippen MR) is 117 cm³/mol. The zero-order valence-electron chi connectivity index (χ0n) is 15.4. The average molecular weight is 472 g/mol. The zero-order valence-corrected chi connectivity index (χ0v) is 17.8. The third-order valence-corrected chi connectivity index (χ3v) is 5.14. The van der Waals surface area contributed by atoms with Crippen molar-refractivity contribution < 1.29 is 13.9 Å². The normalized spacial score (nSPS) is 10.9. The third-order valence-electron chi connectivity index (χ3n) is 4.37. The molecule has 0 unspecified atom stereocenters. The minimum Gasteiger partial charge on any atom is -0.484 e. The highest BCUT2D eigenvalue weighted by Crippen LogP contribution is 2.31. The Labute approximate surface area is 180 Å². The Morgan fingerprint density at radius 3 is 2.76 bits per heavy atom. The second-order valence-electron chi connectivity index (χ2n) is 6.40. The van der Waals surface area contributed by atoms with Crippen molar-refractivity contribution in [1.82, 2.24) is 4.98 Å². The Hall–Kier alpha value is -2.83. The number of oxazole rings is 1. The zero-order chi connectivity index (χ0) is 20.4. The van der Waals surface area contributed by atoms with E-state index < -0.39 is 0 Å². The second kappa shape index (κ2) is 8.27. The lowest BCUT2D eigenvalue weighted by molar-refractivity contribution is -0.118. The Bertz CT molecular complexity index is 1190. The molecule has 0 aliphatic rings. The SMILES string of the molecule is Cc1c(NC(=O)COc2ccc(Br)cc2)cccc1-c1nc2cc(Cl)ccc2o1. The number of carbonyl (C=O) groups excluding carboxylic acids is 1. The van der Waals surface area contributed by atoms with Gasteiger partial charge in [0.25, 0.3) is 5.91 Å². The second-order valence-corrected chi connectivity index (χ2v) is 7.75. The van der Waals surface area contributed by atoms with E-state index in [1.165, 1.54) is 0 Å². The number of halogens is 2. The summed E-state index contributed by atoms with van der Waals surface area (Å²) in [7, 11) is 0. The Morgan fingerprint density at radius 1 is 1.17 bits per heavy atom. The molecule has 0 spiro atoms. The monoisotopic (exact) mass is 470 g/mol. The Balaban J connectivity index is 1.51. The van der Waals surface area contributed by atoms with Crippen molar-refractivity contribution in [1.29, 1.82) is 0 Å². The van der Waals surface area contributed by atoms with Gasteiger partial charge in [0, 0.05) is 20.7 Å². The predicted octanol–water partition coefficient (Wildman–Crippen LogP) is 6.24. The summed E-state index contributed by atoms with van der Waals surface area (Å²) in [6.45, 7) is 1.81. The first kappa shape index (κ1) is 19.5. The van der Waals surface area contributed by atoms with Crippen molar-refractivity contribution in [3.05, 3.63) is 75.7 Å². The van der Waals surface area contributed by atoms with Crippen molar-refractivity contribution in [3.63, 3.8) is 0 Å². The van der Waals surface area contributed by atoms with E-state index in [2.05, 4.69) is 26.2 Å². The lowest BCUT2D eigenvalue weighted by Gasteiger charge is -2.11. The van der Waals surface area contributed by atoms with Crippen LogP contribution in [-0.2, 0) is 4.79 Å². The van der Waals surface area contributed by atoms with Gasteiger partial charge in [0.15, 0.2) is 12.2 Å². The van der Waals surface area contributed by atoms with Gasteiger partial charge in [-0.25, -0.2) is 4.98 Å². The average Bonchev–Trinajstić information content (AvgIpc) is 3.12. The molecule has 1 N–H and O–H groups in total. The summed E-state index contributed by atoms with van der Waals surface area (Å²) in [5, 5.41) is 3.48. The number of aromatic nitrogens is 1. The highest BCUT2D eigenvalue weighted by atomic mass is 79.9. The van der Waals surface area contributed by atoms with Gasteiger partial charge in [-0.15, -0.1) is 0 Å². The van der Waals surface area contributed by atoms with Crippen LogP contribution in [0.25, 0.3) is 22.6 Å². The molecule has 0 saturated carbocycles. The van der Waals surface area contributed by atoms with E-state index in [1.807, 2.05) is 37.3 Å². The fraction of sp³-hybridized carbons (Fsp3) is 0.0909. The molecule has 4 rings (SSSR count). The summed E-state index contributed by atoms with van der Waals surface area (Å²) < 4.78 is 12.3. The van der Waals surface area contributed by atoms with Crippen LogP contribution < -0.4 is 10.1 Å². The fourth-order valence-electron chi connectivity index (χ4n) is 2.88. The van der Waals surface area contributed by atoms with E-state index in [0.717, 1.165) is 15.6 Å². The molecule has 0 bridgehead atoms. The standard InChI is InChI=1S/C22H16BrClN2O3/c1-13-17(22-26-19-11-15(24)7-10-20(19)29-22)3-2-4-18(13)25-21(27)12-28-16-8-5-14(23)6-9-16/h2-11H,12H2,1H3,(H,25,27).